The summed E-state index contributed by atoms with van der Waals surface area (Å²) in [5.74, 6) is 1.15. The van der Waals surface area contributed by atoms with Gasteiger partial charge in [0.15, 0.2) is 0 Å². The monoisotopic (exact) mass is 435 g/mol. The minimum absolute atomic E-state index is 0.203. The molecule has 3 aromatic rings. The van der Waals surface area contributed by atoms with Crippen LogP contribution in [0.5, 0.6) is 0 Å². The molecule has 1 aromatic carbocycles. The minimum Gasteiger partial charge on any atom is -0.378 e. The largest absolute Gasteiger partial charge is 0.378 e. The number of nitrogens with one attached hydrogen (secondary N) is 3. The van der Waals surface area contributed by atoms with Crippen LogP contribution in [-0.2, 0) is 4.74 Å². The summed E-state index contributed by atoms with van der Waals surface area (Å²) in [5.41, 5.74) is 2.47. The molecule has 2 aromatic heterocycles. The highest BCUT2D eigenvalue weighted by molar-refractivity contribution is 5.91. The van der Waals surface area contributed by atoms with Gasteiger partial charge in [0.2, 0.25) is 5.95 Å². The average molecular weight is 436 g/mol. The molecule has 0 aliphatic carbocycles. The van der Waals surface area contributed by atoms with Gasteiger partial charge in [0.05, 0.1) is 18.7 Å². The Balaban J connectivity index is 1.46. The number of nitrogens with zero attached hydrogens (tertiary/aromatic N) is 4. The Morgan fingerprint density at radius 3 is 2.59 bits per heavy atom. The summed E-state index contributed by atoms with van der Waals surface area (Å²) in [4.78, 5) is 29.3. The zero-order valence-electron chi connectivity index (χ0n) is 18.3. The molecule has 0 amide bonds. The molecule has 3 N–H and O–H groups in total. The third-order valence-electron chi connectivity index (χ3n) is 6.29. The third-order valence-corrected chi connectivity index (χ3v) is 6.29. The van der Waals surface area contributed by atoms with Gasteiger partial charge in [0.25, 0.3) is 5.56 Å². The highest BCUT2D eigenvalue weighted by atomic mass is 16.5. The summed E-state index contributed by atoms with van der Waals surface area (Å²) in [7, 11) is 2.03. The molecule has 0 saturated carbocycles. The van der Waals surface area contributed by atoms with E-state index in [9.17, 15) is 4.79 Å². The highest BCUT2D eigenvalue weighted by Gasteiger charge is 2.22. The van der Waals surface area contributed by atoms with Crippen molar-refractivity contribution in [1.29, 1.82) is 0 Å². The number of rotatable bonds is 5. The molecule has 0 bridgehead atoms. The standard InChI is InChI=1S/C23H29N7O2/c1-29(17-6-9-24-10-7-17)23-27-19-8-11-25-22(31)20(19)21(28-23)26-16-2-4-18(5-3-16)30-12-14-32-15-13-30/h2-5,8,11,17,24H,6-7,9-10,12-15H2,1H3,(H,25,31)(H,26,27,28). The van der Waals surface area contributed by atoms with Crippen LogP contribution >= 0.6 is 0 Å². The molecule has 2 saturated heterocycles. The lowest BCUT2D eigenvalue weighted by atomic mass is 10.1. The number of ether oxygens (including phenoxy) is 1. The number of hydrogen-bond donors (Lipinski definition) is 3. The second-order valence-corrected chi connectivity index (χ2v) is 8.30. The van der Waals surface area contributed by atoms with E-state index in [1.807, 2.05) is 25.2 Å². The molecule has 168 valence electrons. The van der Waals surface area contributed by atoms with Crippen LogP contribution < -0.4 is 26.0 Å². The molecular formula is C23H29N7O2. The first-order valence-corrected chi connectivity index (χ1v) is 11.2. The first kappa shape index (κ1) is 20.7. The molecular weight excluding hydrogens is 406 g/mol. The summed E-state index contributed by atoms with van der Waals surface area (Å²) in [6, 6.07) is 10.4. The van der Waals surface area contributed by atoms with Crippen LogP contribution in [0.25, 0.3) is 10.9 Å². The first-order chi connectivity index (χ1) is 15.7. The number of fused-ring (bicyclic) bond motifs is 1. The molecule has 0 spiro atoms. The molecule has 9 nitrogen and oxygen atoms in total. The molecule has 2 aliphatic rings. The number of H-pyrrole nitrogens is 1. The van der Waals surface area contributed by atoms with Gasteiger partial charge in [-0.15, -0.1) is 0 Å². The van der Waals surface area contributed by atoms with Gasteiger partial charge >= 0.3 is 0 Å². The quantitative estimate of drug-likeness (QED) is 0.560. The van der Waals surface area contributed by atoms with Crippen molar-refractivity contribution in [3.8, 4) is 0 Å². The van der Waals surface area contributed by atoms with E-state index in [0.717, 1.165) is 63.6 Å². The summed E-state index contributed by atoms with van der Waals surface area (Å²) >= 11 is 0. The smallest absolute Gasteiger partial charge is 0.261 e. The molecule has 5 rings (SSSR count). The number of anilines is 4. The van der Waals surface area contributed by atoms with E-state index in [2.05, 4.69) is 37.6 Å². The second-order valence-electron chi connectivity index (χ2n) is 8.30. The van der Waals surface area contributed by atoms with Crippen molar-refractivity contribution >= 4 is 34.0 Å². The van der Waals surface area contributed by atoms with E-state index in [4.69, 9.17) is 14.7 Å². The van der Waals surface area contributed by atoms with Gasteiger partial charge in [0, 0.05) is 43.8 Å². The molecule has 0 radical (unpaired) electrons. The zero-order chi connectivity index (χ0) is 21.9. The zero-order valence-corrected chi connectivity index (χ0v) is 18.3. The number of pyridine rings is 1. The number of aromatic nitrogens is 3. The van der Waals surface area contributed by atoms with Crippen molar-refractivity contribution in [1.82, 2.24) is 20.3 Å². The van der Waals surface area contributed by atoms with Crippen LogP contribution in [0.4, 0.5) is 23.1 Å². The number of hydrogen-bond acceptors (Lipinski definition) is 8. The van der Waals surface area contributed by atoms with Gasteiger partial charge in [0.1, 0.15) is 11.2 Å². The minimum atomic E-state index is -0.203. The lowest BCUT2D eigenvalue weighted by molar-refractivity contribution is 0.122. The van der Waals surface area contributed by atoms with Gasteiger partial charge in [-0.05, 0) is 56.3 Å². The fourth-order valence-corrected chi connectivity index (χ4v) is 4.40. The van der Waals surface area contributed by atoms with E-state index in [1.165, 1.54) is 0 Å². The highest BCUT2D eigenvalue weighted by Crippen LogP contribution is 2.27. The van der Waals surface area contributed by atoms with E-state index in [0.29, 0.717) is 28.7 Å². The Kier molecular flexibility index (Phi) is 5.91. The van der Waals surface area contributed by atoms with Crippen molar-refractivity contribution in [2.24, 2.45) is 0 Å². The number of morpholine rings is 1. The number of aromatic amines is 1. The van der Waals surface area contributed by atoms with E-state index >= 15 is 0 Å². The van der Waals surface area contributed by atoms with Gasteiger partial charge in [-0.3, -0.25) is 4.79 Å². The summed E-state index contributed by atoms with van der Waals surface area (Å²) < 4.78 is 5.44. The molecule has 0 unspecified atom stereocenters. The number of piperidine rings is 1. The van der Waals surface area contributed by atoms with Crippen LogP contribution in [-0.4, -0.2) is 67.4 Å². The average Bonchev–Trinajstić information content (AvgIpc) is 2.85. The predicted octanol–water partition coefficient (Wildman–Crippen LogP) is 2.09. The van der Waals surface area contributed by atoms with Gasteiger partial charge < -0.3 is 30.2 Å². The van der Waals surface area contributed by atoms with Crippen molar-refractivity contribution in [3.63, 3.8) is 0 Å². The Morgan fingerprint density at radius 1 is 1.09 bits per heavy atom. The van der Waals surface area contributed by atoms with Crippen LogP contribution in [0.3, 0.4) is 0 Å². The molecule has 0 atom stereocenters. The van der Waals surface area contributed by atoms with Crippen molar-refractivity contribution < 1.29 is 4.74 Å². The summed E-state index contributed by atoms with van der Waals surface area (Å²) in [6.07, 6.45) is 3.71. The van der Waals surface area contributed by atoms with Crippen LogP contribution in [0.1, 0.15) is 12.8 Å². The van der Waals surface area contributed by atoms with Crippen molar-refractivity contribution in [3.05, 3.63) is 46.9 Å². The molecule has 4 heterocycles. The van der Waals surface area contributed by atoms with Crippen LogP contribution in [0.15, 0.2) is 41.3 Å². The van der Waals surface area contributed by atoms with Crippen LogP contribution in [0.2, 0.25) is 0 Å². The maximum absolute atomic E-state index is 12.6. The first-order valence-electron chi connectivity index (χ1n) is 11.2. The van der Waals surface area contributed by atoms with E-state index in [1.54, 1.807) is 6.20 Å². The fourth-order valence-electron chi connectivity index (χ4n) is 4.40. The maximum atomic E-state index is 12.6. The third kappa shape index (κ3) is 4.26. The van der Waals surface area contributed by atoms with E-state index < -0.39 is 0 Å². The summed E-state index contributed by atoms with van der Waals surface area (Å²) in [6.45, 7) is 5.27. The Bertz CT molecular complexity index is 1120. The Labute approximate surface area is 186 Å². The molecule has 2 aliphatic heterocycles. The SMILES string of the molecule is CN(c1nc(Nc2ccc(N3CCOCC3)cc2)c2c(=O)[nH]ccc2n1)C1CCNCC1. The van der Waals surface area contributed by atoms with Gasteiger partial charge in [-0.2, -0.15) is 4.98 Å². The topological polar surface area (TPSA) is 98.4 Å². The lowest BCUT2D eigenvalue weighted by Gasteiger charge is -2.32. The Hall–Kier alpha value is -3.17. The van der Waals surface area contributed by atoms with Gasteiger partial charge in [-0.1, -0.05) is 0 Å². The fraction of sp³-hybridized carbons (Fsp3) is 0.435. The normalized spacial score (nSPS) is 17.5. The Morgan fingerprint density at radius 2 is 1.84 bits per heavy atom. The lowest BCUT2D eigenvalue weighted by Crippen LogP contribution is -2.42. The number of benzene rings is 1. The van der Waals surface area contributed by atoms with Crippen molar-refractivity contribution in [2.45, 2.75) is 18.9 Å². The molecule has 32 heavy (non-hydrogen) atoms. The van der Waals surface area contributed by atoms with Crippen molar-refractivity contribution in [2.75, 3.05) is 61.6 Å². The summed E-state index contributed by atoms with van der Waals surface area (Å²) in [5, 5.41) is 7.22. The predicted molar refractivity (Wildman–Crippen MR) is 127 cm³/mol. The second kappa shape index (κ2) is 9.13. The molecule has 9 heteroatoms. The van der Waals surface area contributed by atoms with Gasteiger partial charge in [-0.25, -0.2) is 4.98 Å². The maximum Gasteiger partial charge on any atom is 0.261 e. The van der Waals surface area contributed by atoms with Crippen LogP contribution in [0, 0.1) is 0 Å². The molecule has 2 fully saturated rings. The van der Waals surface area contributed by atoms with E-state index in [-0.39, 0.29) is 5.56 Å².